The molecule has 2 nitrogen and oxygen atoms in total. The number of rotatable bonds is 6. The summed E-state index contributed by atoms with van der Waals surface area (Å²) in [6.07, 6.45) is 6.73. The highest BCUT2D eigenvalue weighted by atomic mass is 16.1. The van der Waals surface area contributed by atoms with Gasteiger partial charge in [-0.1, -0.05) is 45.8 Å². The second kappa shape index (κ2) is 12.7. The molecule has 116 valence electrons. The van der Waals surface area contributed by atoms with Crippen LogP contribution in [0.25, 0.3) is 0 Å². The Balaban J connectivity index is 0. The Kier molecular flexibility index (Phi) is 13.3. The van der Waals surface area contributed by atoms with E-state index in [1.807, 2.05) is 46.9 Å². The highest BCUT2D eigenvalue weighted by Gasteiger charge is 2.09. The summed E-state index contributed by atoms with van der Waals surface area (Å²) in [5.41, 5.74) is 4.18. The highest BCUT2D eigenvalue weighted by molar-refractivity contribution is 5.98. The Labute approximate surface area is 126 Å². The van der Waals surface area contributed by atoms with Crippen LogP contribution in [0.5, 0.6) is 0 Å². The molecule has 0 aliphatic heterocycles. The van der Waals surface area contributed by atoms with Gasteiger partial charge >= 0.3 is 0 Å². The fourth-order valence-corrected chi connectivity index (χ4v) is 1.69. The lowest BCUT2D eigenvalue weighted by Gasteiger charge is -2.10. The monoisotopic (exact) mass is 279 g/mol. The molecule has 0 aliphatic carbocycles. The number of likely N-dealkylation sites (N-methyl/N-ethyl adjacent to an activating group) is 1. The van der Waals surface area contributed by atoms with E-state index >= 15 is 0 Å². The van der Waals surface area contributed by atoms with Gasteiger partial charge in [0.1, 0.15) is 0 Å². The van der Waals surface area contributed by atoms with E-state index in [2.05, 4.69) is 26.1 Å². The molecular weight excluding hydrogens is 246 g/mol. The zero-order valence-electron chi connectivity index (χ0n) is 14.7. The van der Waals surface area contributed by atoms with Crippen LogP contribution in [0, 0.1) is 0 Å². The van der Waals surface area contributed by atoms with Gasteiger partial charge in [-0.2, -0.15) is 0 Å². The predicted molar refractivity (Wildman–Crippen MR) is 90.8 cm³/mol. The first-order valence-corrected chi connectivity index (χ1v) is 7.68. The molecule has 0 saturated carbocycles. The van der Waals surface area contributed by atoms with Gasteiger partial charge in [0.05, 0.1) is 0 Å². The average molecular weight is 279 g/mol. The van der Waals surface area contributed by atoms with Crippen LogP contribution in [0.3, 0.4) is 0 Å². The third-order valence-corrected chi connectivity index (χ3v) is 2.96. The molecule has 0 radical (unpaired) electrons. The molecule has 0 bridgehead atoms. The molecule has 0 fully saturated rings. The lowest BCUT2D eigenvalue weighted by atomic mass is 9.98. The predicted octanol–water partition coefficient (Wildman–Crippen LogP) is 5.18. The Morgan fingerprint density at radius 3 is 1.85 bits per heavy atom. The third-order valence-electron chi connectivity index (χ3n) is 2.96. The summed E-state index contributed by atoms with van der Waals surface area (Å²) in [5.74, 6) is 0.218. The van der Waals surface area contributed by atoms with Gasteiger partial charge in [-0.05, 0) is 38.8 Å². The lowest BCUT2D eigenvalue weighted by molar-refractivity contribution is -0.115. The summed E-state index contributed by atoms with van der Waals surface area (Å²) in [6, 6.07) is 0. The van der Waals surface area contributed by atoms with Crippen molar-refractivity contribution in [2.45, 2.75) is 67.7 Å². The third kappa shape index (κ3) is 7.98. The zero-order chi connectivity index (χ0) is 16.1. The molecule has 1 N–H and O–H groups in total. The number of allylic oxidation sites excluding steroid dienone is 5. The largest absolute Gasteiger partial charge is 0.388 e. The fourth-order valence-electron chi connectivity index (χ4n) is 1.69. The average Bonchev–Trinajstić information content (AvgIpc) is 2.45. The van der Waals surface area contributed by atoms with Gasteiger partial charge in [0.25, 0.3) is 0 Å². The highest BCUT2D eigenvalue weighted by Crippen LogP contribution is 2.17. The first kappa shape index (κ1) is 21.0. The van der Waals surface area contributed by atoms with Gasteiger partial charge in [0.15, 0.2) is 5.78 Å². The smallest absolute Gasteiger partial charge is 0.162 e. The zero-order valence-corrected chi connectivity index (χ0v) is 14.7. The van der Waals surface area contributed by atoms with Crippen molar-refractivity contribution in [3.8, 4) is 0 Å². The molecule has 0 aromatic heterocycles. The minimum absolute atomic E-state index is 0.218. The topological polar surface area (TPSA) is 29.1 Å². The summed E-state index contributed by atoms with van der Waals surface area (Å²) in [5, 5.41) is 3.13. The molecule has 0 spiro atoms. The van der Waals surface area contributed by atoms with Crippen molar-refractivity contribution in [2.75, 3.05) is 7.05 Å². The van der Waals surface area contributed by atoms with Gasteiger partial charge in [0.2, 0.25) is 0 Å². The van der Waals surface area contributed by atoms with Crippen molar-refractivity contribution in [3.63, 3.8) is 0 Å². The number of nitrogens with one attached hydrogen (secondary N) is 1. The van der Waals surface area contributed by atoms with E-state index < -0.39 is 0 Å². The minimum atomic E-state index is 0.218. The van der Waals surface area contributed by atoms with Crippen LogP contribution in [-0.4, -0.2) is 12.8 Å². The molecule has 0 aliphatic rings. The van der Waals surface area contributed by atoms with Gasteiger partial charge in [-0.25, -0.2) is 0 Å². The number of hydrogen-bond donors (Lipinski definition) is 1. The van der Waals surface area contributed by atoms with Gasteiger partial charge in [-0.3, -0.25) is 4.79 Å². The van der Waals surface area contributed by atoms with Crippen LogP contribution in [0.15, 0.2) is 34.6 Å². The number of carbonyl (C=O) groups excluding carboxylic acids is 1. The van der Waals surface area contributed by atoms with Crippen molar-refractivity contribution >= 4 is 5.78 Å². The second-order valence-electron chi connectivity index (χ2n) is 4.81. The van der Waals surface area contributed by atoms with E-state index in [-0.39, 0.29) is 5.78 Å². The quantitative estimate of drug-likeness (QED) is 0.536. The van der Waals surface area contributed by atoms with Crippen molar-refractivity contribution in [2.24, 2.45) is 0 Å². The molecule has 0 heterocycles. The fraction of sp³-hybridized carbons (Fsp3) is 0.611. The van der Waals surface area contributed by atoms with Gasteiger partial charge in [-0.15, -0.1) is 0 Å². The maximum Gasteiger partial charge on any atom is 0.162 e. The van der Waals surface area contributed by atoms with Crippen LogP contribution in [0.1, 0.15) is 67.7 Å². The first-order valence-electron chi connectivity index (χ1n) is 7.68. The lowest BCUT2D eigenvalue weighted by Crippen LogP contribution is -2.08. The molecule has 0 saturated heterocycles. The van der Waals surface area contributed by atoms with Crippen molar-refractivity contribution in [3.05, 3.63) is 34.6 Å². The Morgan fingerprint density at radius 2 is 1.55 bits per heavy atom. The van der Waals surface area contributed by atoms with E-state index in [9.17, 15) is 4.79 Å². The number of carbonyl (C=O) groups is 1. The standard InChI is InChI=1S/C15H25NO.C3H8/c1-7-11(4)13(15(17)9-3)10-12(5)14(8-2)16-6;1-3-2/h8,10,16H,7,9H2,1-6H3;3H2,1-2H3/b12-10-,13-11-,14-8+;. The van der Waals surface area contributed by atoms with Gasteiger partial charge < -0.3 is 5.32 Å². The summed E-state index contributed by atoms with van der Waals surface area (Å²) >= 11 is 0. The van der Waals surface area contributed by atoms with E-state index in [0.29, 0.717) is 6.42 Å². The van der Waals surface area contributed by atoms with Crippen LogP contribution >= 0.6 is 0 Å². The Morgan fingerprint density at radius 1 is 1.05 bits per heavy atom. The molecule has 0 unspecified atom stereocenters. The van der Waals surface area contributed by atoms with E-state index in [4.69, 9.17) is 0 Å². The summed E-state index contributed by atoms with van der Waals surface area (Å²) in [4.78, 5) is 11.9. The molecular formula is C18H33NO. The van der Waals surface area contributed by atoms with Crippen LogP contribution in [-0.2, 0) is 4.79 Å². The van der Waals surface area contributed by atoms with Crippen molar-refractivity contribution in [1.82, 2.24) is 5.32 Å². The Bertz CT molecular complexity index is 373. The summed E-state index contributed by atoms with van der Waals surface area (Å²) in [6.45, 7) is 14.3. The molecule has 0 aromatic rings. The van der Waals surface area contributed by atoms with E-state index in [0.717, 1.165) is 28.8 Å². The molecule has 2 heteroatoms. The second-order valence-corrected chi connectivity index (χ2v) is 4.81. The SMILES string of the molecule is CCC.C\C=C(NC)/C(C)=C\C(C(=O)CC)=C(/C)CC. The maximum atomic E-state index is 11.9. The van der Waals surface area contributed by atoms with Crippen molar-refractivity contribution < 1.29 is 4.79 Å². The molecule has 0 rings (SSSR count). The van der Waals surface area contributed by atoms with Gasteiger partial charge in [0, 0.05) is 24.7 Å². The molecule has 0 aromatic carbocycles. The molecule has 0 amide bonds. The minimum Gasteiger partial charge on any atom is -0.388 e. The summed E-state index contributed by atoms with van der Waals surface area (Å²) in [7, 11) is 1.89. The number of Topliss-reactive ketones (excluding diaryl/α,β-unsaturated/α-hetero) is 1. The Hall–Kier alpha value is -1.31. The van der Waals surface area contributed by atoms with Crippen molar-refractivity contribution in [1.29, 1.82) is 0 Å². The first-order chi connectivity index (χ1) is 9.42. The normalized spacial score (nSPS) is 13.2. The number of hydrogen-bond acceptors (Lipinski definition) is 2. The maximum absolute atomic E-state index is 11.9. The van der Waals surface area contributed by atoms with E-state index in [1.165, 1.54) is 6.42 Å². The van der Waals surface area contributed by atoms with E-state index in [1.54, 1.807) is 0 Å². The van der Waals surface area contributed by atoms with Crippen LogP contribution in [0.2, 0.25) is 0 Å². The molecule has 0 atom stereocenters. The number of ketones is 1. The van der Waals surface area contributed by atoms with Crippen LogP contribution < -0.4 is 5.32 Å². The molecule has 20 heavy (non-hydrogen) atoms. The van der Waals surface area contributed by atoms with Crippen LogP contribution in [0.4, 0.5) is 0 Å². The summed E-state index contributed by atoms with van der Waals surface area (Å²) < 4.78 is 0.